The third-order valence-electron chi connectivity index (χ3n) is 7.04. The molecule has 1 aliphatic carbocycles. The molecule has 4 atom stereocenters. The number of aliphatic hydroxyl groups is 2. The summed E-state index contributed by atoms with van der Waals surface area (Å²) < 4.78 is 17.9. The standard InChI is InChI=1S/C25H42O7Si/c1-8-9-10-11-12-13-19-20(16-30-33(6,7)24(3,4)5)21(29)23-25(32-23,14-18(28)15-26)22(19)31-17(2)27/h12-13,18,22-23,26,28H,8-11,14-16H2,1-7H3/b13-12+/t18?,22-,23-,25+/m0/s1. The molecule has 8 heteroatoms. The Hall–Kier alpha value is -1.32. The second kappa shape index (κ2) is 10.9. The van der Waals surface area contributed by atoms with Gasteiger partial charge in [0.05, 0.1) is 19.3 Å². The number of esters is 1. The molecule has 0 amide bonds. The number of unbranched alkanes of at least 4 members (excludes halogenated alkanes) is 3. The van der Waals surface area contributed by atoms with Crippen LogP contribution < -0.4 is 0 Å². The number of rotatable bonds is 12. The van der Waals surface area contributed by atoms with E-state index in [0.29, 0.717) is 11.1 Å². The quantitative estimate of drug-likeness (QED) is 0.188. The van der Waals surface area contributed by atoms with Crippen LogP contribution in [0.5, 0.6) is 0 Å². The van der Waals surface area contributed by atoms with Crippen LogP contribution in [0.3, 0.4) is 0 Å². The fraction of sp³-hybridized carbons (Fsp3) is 0.760. The summed E-state index contributed by atoms with van der Waals surface area (Å²) in [7, 11) is -2.14. The van der Waals surface area contributed by atoms with Gasteiger partial charge in [0.25, 0.3) is 0 Å². The SMILES string of the molecule is CCCCC/C=C/C1=C(CO[Si](C)(C)C(C)(C)C)C(=O)[C@@H]2O[C@]2(CC(O)CO)[C@H]1OC(C)=O. The topological polar surface area (TPSA) is 106 Å². The van der Waals surface area contributed by atoms with Gasteiger partial charge in [-0.3, -0.25) is 9.59 Å². The van der Waals surface area contributed by atoms with E-state index in [-0.39, 0.29) is 23.8 Å². The number of hydrogen-bond donors (Lipinski definition) is 2. The Bertz CT molecular complexity index is 780. The molecule has 33 heavy (non-hydrogen) atoms. The molecule has 1 unspecified atom stereocenters. The number of aliphatic hydroxyl groups excluding tert-OH is 2. The van der Waals surface area contributed by atoms with Crippen LogP contribution in [0.25, 0.3) is 0 Å². The van der Waals surface area contributed by atoms with Gasteiger partial charge in [0.1, 0.15) is 5.60 Å². The predicted octanol–water partition coefficient (Wildman–Crippen LogP) is 3.84. The van der Waals surface area contributed by atoms with E-state index < -0.39 is 44.8 Å². The van der Waals surface area contributed by atoms with Gasteiger partial charge in [-0.2, -0.15) is 0 Å². The molecule has 0 radical (unpaired) electrons. The predicted molar refractivity (Wildman–Crippen MR) is 129 cm³/mol. The number of fused-ring (bicyclic) bond motifs is 1. The summed E-state index contributed by atoms with van der Waals surface area (Å²) >= 11 is 0. The molecule has 0 bridgehead atoms. The molecule has 2 rings (SSSR count). The first-order valence-corrected chi connectivity index (χ1v) is 14.9. The van der Waals surface area contributed by atoms with Crippen molar-refractivity contribution >= 4 is 20.1 Å². The molecule has 1 heterocycles. The van der Waals surface area contributed by atoms with E-state index >= 15 is 0 Å². The molecule has 0 spiro atoms. The summed E-state index contributed by atoms with van der Waals surface area (Å²) in [5, 5.41) is 19.5. The summed E-state index contributed by atoms with van der Waals surface area (Å²) in [6, 6.07) is 0. The van der Waals surface area contributed by atoms with E-state index in [4.69, 9.17) is 13.9 Å². The monoisotopic (exact) mass is 482 g/mol. The van der Waals surface area contributed by atoms with Gasteiger partial charge in [-0.05, 0) is 31.0 Å². The minimum Gasteiger partial charge on any atom is -0.454 e. The molecule has 0 aromatic carbocycles. The maximum absolute atomic E-state index is 13.4. The zero-order valence-corrected chi connectivity index (χ0v) is 22.3. The second-order valence-corrected chi connectivity index (χ2v) is 15.5. The number of ether oxygens (including phenoxy) is 2. The summed E-state index contributed by atoms with van der Waals surface area (Å²) in [5.41, 5.74) is -0.118. The second-order valence-electron chi connectivity index (χ2n) is 10.7. The Morgan fingerprint density at radius 3 is 2.52 bits per heavy atom. The normalized spacial score (nSPS) is 26.5. The van der Waals surface area contributed by atoms with E-state index in [1.54, 1.807) is 0 Å². The number of allylic oxidation sites excluding steroid dienone is 1. The fourth-order valence-corrected chi connectivity index (χ4v) is 4.88. The zero-order valence-electron chi connectivity index (χ0n) is 21.3. The van der Waals surface area contributed by atoms with Crippen molar-refractivity contribution in [2.45, 2.75) is 109 Å². The van der Waals surface area contributed by atoms with Gasteiger partial charge in [-0.15, -0.1) is 0 Å². The van der Waals surface area contributed by atoms with E-state index in [2.05, 4.69) is 40.8 Å². The molecule has 1 saturated heterocycles. The number of Topliss-reactive ketones (excluding diaryl/α,β-unsaturated/α-hetero) is 1. The van der Waals surface area contributed by atoms with E-state index in [0.717, 1.165) is 25.7 Å². The summed E-state index contributed by atoms with van der Waals surface area (Å²) in [6.45, 7) is 13.8. The van der Waals surface area contributed by atoms with Gasteiger partial charge < -0.3 is 24.1 Å². The van der Waals surface area contributed by atoms with Crippen LogP contribution in [0.2, 0.25) is 18.1 Å². The zero-order chi connectivity index (χ0) is 25.0. The van der Waals surface area contributed by atoms with Crippen LogP contribution in [0.1, 0.15) is 66.7 Å². The lowest BCUT2D eigenvalue weighted by molar-refractivity contribution is -0.148. The van der Waals surface area contributed by atoms with E-state index in [1.165, 1.54) is 6.92 Å². The molecule has 1 aliphatic heterocycles. The third-order valence-corrected chi connectivity index (χ3v) is 11.5. The van der Waals surface area contributed by atoms with E-state index in [9.17, 15) is 19.8 Å². The highest BCUT2D eigenvalue weighted by atomic mass is 28.4. The molecule has 0 aromatic heterocycles. The van der Waals surface area contributed by atoms with Crippen molar-refractivity contribution in [3.05, 3.63) is 23.3 Å². The van der Waals surface area contributed by atoms with Crippen LogP contribution in [0.15, 0.2) is 23.3 Å². The molecule has 0 aromatic rings. The molecule has 0 saturated carbocycles. The lowest BCUT2D eigenvalue weighted by atomic mass is 9.77. The number of hydrogen-bond acceptors (Lipinski definition) is 7. The lowest BCUT2D eigenvalue weighted by Crippen LogP contribution is -2.48. The maximum atomic E-state index is 13.4. The van der Waals surface area contributed by atoms with Crippen LogP contribution in [-0.4, -0.2) is 67.4 Å². The van der Waals surface area contributed by atoms with Gasteiger partial charge in [0.15, 0.2) is 26.3 Å². The highest BCUT2D eigenvalue weighted by Gasteiger charge is 2.70. The first kappa shape index (κ1) is 27.9. The van der Waals surface area contributed by atoms with Crippen molar-refractivity contribution < 1.29 is 33.7 Å². The largest absolute Gasteiger partial charge is 0.454 e. The van der Waals surface area contributed by atoms with Crippen molar-refractivity contribution in [1.29, 1.82) is 0 Å². The number of epoxide rings is 1. The number of carbonyl (C=O) groups is 2. The van der Waals surface area contributed by atoms with Gasteiger partial charge in [0.2, 0.25) is 0 Å². The number of carbonyl (C=O) groups excluding carboxylic acids is 2. The highest BCUT2D eigenvalue weighted by Crippen LogP contribution is 2.53. The van der Waals surface area contributed by atoms with Crippen LogP contribution >= 0.6 is 0 Å². The van der Waals surface area contributed by atoms with Crippen molar-refractivity contribution in [1.82, 2.24) is 0 Å². The molecule has 1 fully saturated rings. The smallest absolute Gasteiger partial charge is 0.303 e. The van der Waals surface area contributed by atoms with Crippen molar-refractivity contribution in [2.24, 2.45) is 0 Å². The fourth-order valence-electron chi connectivity index (χ4n) is 3.94. The Kier molecular flexibility index (Phi) is 9.26. The van der Waals surface area contributed by atoms with Crippen molar-refractivity contribution in [2.75, 3.05) is 13.2 Å². The first-order valence-electron chi connectivity index (χ1n) is 12.0. The van der Waals surface area contributed by atoms with E-state index in [1.807, 2.05) is 12.2 Å². The average molecular weight is 483 g/mol. The van der Waals surface area contributed by atoms with Gasteiger partial charge in [-0.25, -0.2) is 0 Å². The Balaban J connectivity index is 2.47. The Labute approximate surface area is 199 Å². The molecule has 2 N–H and O–H groups in total. The van der Waals surface area contributed by atoms with Crippen molar-refractivity contribution in [3.8, 4) is 0 Å². The highest BCUT2D eigenvalue weighted by molar-refractivity contribution is 6.74. The lowest BCUT2D eigenvalue weighted by Gasteiger charge is -2.37. The summed E-state index contributed by atoms with van der Waals surface area (Å²) in [5.74, 6) is -0.696. The molecular weight excluding hydrogens is 440 g/mol. The minimum atomic E-state index is -2.14. The average Bonchev–Trinajstić information content (AvgIpc) is 3.44. The first-order chi connectivity index (χ1) is 15.3. The Morgan fingerprint density at radius 1 is 1.30 bits per heavy atom. The summed E-state index contributed by atoms with van der Waals surface area (Å²) in [6.07, 6.45) is 5.18. The van der Waals surface area contributed by atoms with Crippen LogP contribution in [0, 0.1) is 0 Å². The van der Waals surface area contributed by atoms with Crippen molar-refractivity contribution in [3.63, 3.8) is 0 Å². The van der Waals surface area contributed by atoms with Crippen LogP contribution in [-0.2, 0) is 23.5 Å². The number of ketones is 1. The molecule has 7 nitrogen and oxygen atoms in total. The molecule has 188 valence electrons. The molecular formula is C25H42O7Si. The molecule has 2 aliphatic rings. The third kappa shape index (κ3) is 6.42. The van der Waals surface area contributed by atoms with Gasteiger partial charge >= 0.3 is 5.97 Å². The van der Waals surface area contributed by atoms with Gasteiger partial charge in [0, 0.05) is 24.5 Å². The Morgan fingerprint density at radius 2 is 1.97 bits per heavy atom. The van der Waals surface area contributed by atoms with Gasteiger partial charge in [-0.1, -0.05) is 52.7 Å². The van der Waals surface area contributed by atoms with Crippen LogP contribution in [0.4, 0.5) is 0 Å². The summed E-state index contributed by atoms with van der Waals surface area (Å²) in [4.78, 5) is 25.4. The minimum absolute atomic E-state index is 0.00139. The maximum Gasteiger partial charge on any atom is 0.303 e.